The first-order valence-corrected chi connectivity index (χ1v) is 12.8. The van der Waals surface area contributed by atoms with Gasteiger partial charge in [-0.3, -0.25) is 9.59 Å². The fourth-order valence-electron chi connectivity index (χ4n) is 6.46. The van der Waals surface area contributed by atoms with Crippen LogP contribution in [0.1, 0.15) is 57.0 Å². The molecule has 1 aliphatic heterocycles. The van der Waals surface area contributed by atoms with Crippen LogP contribution in [0.4, 0.5) is 4.79 Å². The number of benzene rings is 3. The average Bonchev–Trinajstić information content (AvgIpc) is 3.48. The van der Waals surface area contributed by atoms with E-state index in [1.165, 1.54) is 12.1 Å². The summed E-state index contributed by atoms with van der Waals surface area (Å²) < 4.78 is 5.70. The second-order valence-corrected chi connectivity index (χ2v) is 10.4. The summed E-state index contributed by atoms with van der Waals surface area (Å²) in [4.78, 5) is 57.5. The molecule has 0 spiro atoms. The molecule has 3 atom stereocenters. The van der Waals surface area contributed by atoms with Crippen molar-refractivity contribution in [2.75, 3.05) is 6.61 Å². The maximum atomic E-state index is 13.5. The van der Waals surface area contributed by atoms with Gasteiger partial charge >= 0.3 is 12.1 Å². The molecule has 3 amide bonds. The summed E-state index contributed by atoms with van der Waals surface area (Å²) in [6.07, 6.45) is 1.14. The maximum absolute atomic E-state index is 13.5. The second kappa shape index (κ2) is 8.28. The number of hydrogen-bond donors (Lipinski definition) is 1. The van der Waals surface area contributed by atoms with E-state index in [4.69, 9.17) is 9.57 Å². The highest BCUT2D eigenvalue weighted by atomic mass is 16.7. The van der Waals surface area contributed by atoms with Crippen molar-refractivity contribution in [1.82, 2.24) is 10.4 Å². The number of ether oxygens (including phenoxy) is 1. The third-order valence-electron chi connectivity index (χ3n) is 8.43. The first-order valence-electron chi connectivity index (χ1n) is 12.8. The third kappa shape index (κ3) is 3.29. The van der Waals surface area contributed by atoms with Crippen molar-refractivity contribution < 1.29 is 28.8 Å². The molecule has 0 aromatic heterocycles. The van der Waals surface area contributed by atoms with Crippen LogP contribution in [-0.2, 0) is 14.4 Å². The number of imide groups is 1. The number of nitrogens with one attached hydrogen (secondary N) is 1. The van der Waals surface area contributed by atoms with Crippen molar-refractivity contribution in [2.24, 2.45) is 11.8 Å². The average molecular weight is 509 g/mol. The summed E-state index contributed by atoms with van der Waals surface area (Å²) in [5.41, 5.74) is 3.43. The zero-order chi connectivity index (χ0) is 26.0. The molecule has 3 aliphatic carbocycles. The zero-order valence-corrected chi connectivity index (χ0v) is 20.4. The van der Waals surface area contributed by atoms with Crippen molar-refractivity contribution in [2.45, 2.75) is 30.7 Å². The minimum Gasteiger partial charge on any atom is -0.449 e. The third-order valence-corrected chi connectivity index (χ3v) is 8.43. The van der Waals surface area contributed by atoms with E-state index in [0.29, 0.717) is 17.4 Å². The lowest BCUT2D eigenvalue weighted by Gasteiger charge is -2.30. The molecule has 4 aliphatic rings. The number of hydrogen-bond acceptors (Lipinski definition) is 6. The molecule has 7 rings (SSSR count). The summed E-state index contributed by atoms with van der Waals surface area (Å²) in [7, 11) is 0. The van der Waals surface area contributed by atoms with Crippen LogP contribution in [0.15, 0.2) is 72.8 Å². The van der Waals surface area contributed by atoms with Gasteiger partial charge in [0.2, 0.25) is 0 Å². The Morgan fingerprint density at radius 3 is 1.92 bits per heavy atom. The molecule has 3 aromatic rings. The Labute approximate surface area is 218 Å². The SMILES string of the molecule is O=C(NC1(C(=O)ON2C(=O)c3ccccc3C2=O)CCC2CC21)OCC1c2ccccc2-c2ccccc21. The van der Waals surface area contributed by atoms with Crippen LogP contribution in [0, 0.1) is 11.8 Å². The highest BCUT2D eigenvalue weighted by molar-refractivity contribution is 6.21. The van der Waals surface area contributed by atoms with Crippen LogP contribution in [0.3, 0.4) is 0 Å². The molecule has 1 heterocycles. The van der Waals surface area contributed by atoms with Gasteiger partial charge in [-0.05, 0) is 65.5 Å². The fourth-order valence-corrected chi connectivity index (χ4v) is 6.46. The normalized spacial score (nSPS) is 24.4. The van der Waals surface area contributed by atoms with E-state index in [0.717, 1.165) is 35.1 Å². The molecular weight excluding hydrogens is 484 g/mol. The number of fused-ring (bicyclic) bond motifs is 5. The molecule has 3 unspecified atom stereocenters. The Hall–Kier alpha value is -4.46. The van der Waals surface area contributed by atoms with E-state index in [1.54, 1.807) is 12.1 Å². The van der Waals surface area contributed by atoms with Gasteiger partial charge in [-0.1, -0.05) is 65.7 Å². The van der Waals surface area contributed by atoms with Gasteiger partial charge in [-0.15, -0.1) is 0 Å². The van der Waals surface area contributed by atoms with Crippen LogP contribution in [-0.4, -0.2) is 41.1 Å². The molecule has 0 radical (unpaired) electrons. The summed E-state index contributed by atoms with van der Waals surface area (Å²) >= 11 is 0. The fraction of sp³-hybridized carbons (Fsp3) is 0.267. The van der Waals surface area contributed by atoms with E-state index in [2.05, 4.69) is 17.4 Å². The Morgan fingerprint density at radius 1 is 0.842 bits per heavy atom. The standard InChI is InChI=1S/C30H24N2O6/c33-26-22-11-5-6-12-23(22)27(34)32(26)38-28(35)30(14-13-17-15-25(17)30)31-29(36)37-16-24-20-9-3-1-7-18(20)19-8-2-4-10-21(19)24/h1-12,17,24-25H,13-16H2,(H,31,36). The first kappa shape index (κ1) is 22.7. The predicted octanol–water partition coefficient (Wildman–Crippen LogP) is 4.45. The van der Waals surface area contributed by atoms with Crippen LogP contribution in [0.2, 0.25) is 0 Å². The van der Waals surface area contributed by atoms with Crippen molar-refractivity contribution in [1.29, 1.82) is 0 Å². The molecule has 190 valence electrons. The lowest BCUT2D eigenvalue weighted by atomic mass is 9.93. The van der Waals surface area contributed by atoms with E-state index in [-0.39, 0.29) is 29.6 Å². The first-order chi connectivity index (χ1) is 18.5. The Morgan fingerprint density at radius 2 is 1.39 bits per heavy atom. The second-order valence-electron chi connectivity index (χ2n) is 10.4. The highest BCUT2D eigenvalue weighted by Gasteiger charge is 2.64. The van der Waals surface area contributed by atoms with Gasteiger partial charge in [0, 0.05) is 5.92 Å². The lowest BCUT2D eigenvalue weighted by molar-refractivity contribution is -0.177. The smallest absolute Gasteiger partial charge is 0.408 e. The van der Waals surface area contributed by atoms with Crippen LogP contribution in [0.5, 0.6) is 0 Å². The molecule has 3 aromatic carbocycles. The molecule has 38 heavy (non-hydrogen) atoms. The number of hydroxylamine groups is 2. The predicted molar refractivity (Wildman–Crippen MR) is 135 cm³/mol. The van der Waals surface area contributed by atoms with Gasteiger partial charge in [0.25, 0.3) is 11.8 Å². The molecule has 0 saturated heterocycles. The van der Waals surface area contributed by atoms with Gasteiger partial charge in [-0.25, -0.2) is 9.59 Å². The summed E-state index contributed by atoms with van der Waals surface area (Å²) in [5, 5.41) is 3.30. The number of carbonyl (C=O) groups excluding carboxylic acids is 4. The summed E-state index contributed by atoms with van der Waals surface area (Å²) in [6.45, 7) is 0.109. The van der Waals surface area contributed by atoms with E-state index in [9.17, 15) is 19.2 Å². The molecule has 8 heteroatoms. The van der Waals surface area contributed by atoms with Crippen LogP contribution < -0.4 is 5.32 Å². The van der Waals surface area contributed by atoms with Gasteiger partial charge in [-0.2, -0.15) is 0 Å². The maximum Gasteiger partial charge on any atom is 0.408 e. The minimum absolute atomic E-state index is 0.109. The van der Waals surface area contributed by atoms with E-state index in [1.807, 2.05) is 36.4 Å². The van der Waals surface area contributed by atoms with Crippen molar-refractivity contribution in [3.8, 4) is 11.1 Å². The Balaban J connectivity index is 1.08. The lowest BCUT2D eigenvalue weighted by Crippen LogP contribution is -2.57. The van der Waals surface area contributed by atoms with E-state index < -0.39 is 29.4 Å². The van der Waals surface area contributed by atoms with Crippen LogP contribution >= 0.6 is 0 Å². The number of alkyl carbamates (subject to hydrolysis) is 1. The van der Waals surface area contributed by atoms with Gasteiger partial charge in [0.15, 0.2) is 0 Å². The zero-order valence-electron chi connectivity index (χ0n) is 20.4. The van der Waals surface area contributed by atoms with Gasteiger partial charge in [0.1, 0.15) is 12.1 Å². The summed E-state index contributed by atoms with van der Waals surface area (Å²) in [6, 6.07) is 22.4. The molecule has 1 N–H and O–H groups in total. The number of rotatable bonds is 5. The topological polar surface area (TPSA) is 102 Å². The molecule has 0 bridgehead atoms. The molecule has 2 saturated carbocycles. The Kier molecular flexibility index (Phi) is 4.95. The minimum atomic E-state index is -1.34. The molecule has 8 nitrogen and oxygen atoms in total. The van der Waals surface area contributed by atoms with Gasteiger partial charge in [0.05, 0.1) is 11.1 Å². The molecular formula is C30H24N2O6. The number of nitrogens with zero attached hydrogens (tertiary/aromatic N) is 1. The Bertz CT molecular complexity index is 1450. The molecule has 2 fully saturated rings. The van der Waals surface area contributed by atoms with Crippen LogP contribution in [0.25, 0.3) is 11.1 Å². The van der Waals surface area contributed by atoms with Crippen molar-refractivity contribution in [3.63, 3.8) is 0 Å². The highest BCUT2D eigenvalue weighted by Crippen LogP contribution is 2.58. The van der Waals surface area contributed by atoms with Crippen molar-refractivity contribution in [3.05, 3.63) is 95.1 Å². The largest absolute Gasteiger partial charge is 0.449 e. The quantitative estimate of drug-likeness (QED) is 0.511. The monoisotopic (exact) mass is 508 g/mol. The van der Waals surface area contributed by atoms with Gasteiger partial charge < -0.3 is 14.9 Å². The summed E-state index contributed by atoms with van der Waals surface area (Å²) in [5.74, 6) is -2.15. The van der Waals surface area contributed by atoms with E-state index >= 15 is 0 Å². The van der Waals surface area contributed by atoms with Crippen molar-refractivity contribution >= 4 is 23.9 Å². The number of carbonyl (C=O) groups is 4. The number of amides is 3.